The van der Waals surface area contributed by atoms with E-state index in [9.17, 15) is 4.79 Å². The summed E-state index contributed by atoms with van der Waals surface area (Å²) in [4.78, 5) is 14.5. The van der Waals surface area contributed by atoms with Crippen LogP contribution in [0.15, 0.2) is 0 Å². The van der Waals surface area contributed by atoms with Crippen LogP contribution < -0.4 is 0 Å². The maximum atomic E-state index is 10.8. The van der Waals surface area contributed by atoms with Crippen LogP contribution in [0.1, 0.15) is 32.0 Å². The minimum Gasteiger partial charge on any atom is -0.481 e. The topological polar surface area (TPSA) is 84.1 Å². The first kappa shape index (κ1) is 13.9. The molecule has 1 N–H and O–H groups in total. The zero-order valence-corrected chi connectivity index (χ0v) is 11.5. The van der Waals surface area contributed by atoms with E-state index in [2.05, 4.69) is 20.3 Å². The number of tetrazole rings is 1. The lowest BCUT2D eigenvalue weighted by Crippen LogP contribution is -2.38. The first-order chi connectivity index (χ1) is 9.04. The molecule has 0 aliphatic carbocycles. The number of aryl methyl sites for hydroxylation is 1. The number of hydrogen-bond donors (Lipinski definition) is 1. The Hall–Kier alpha value is -1.50. The van der Waals surface area contributed by atoms with Crippen LogP contribution in [0.2, 0.25) is 0 Å². The molecule has 2 unspecified atom stereocenters. The molecule has 1 saturated heterocycles. The van der Waals surface area contributed by atoms with Gasteiger partial charge in [-0.3, -0.25) is 9.69 Å². The highest BCUT2D eigenvalue weighted by Gasteiger charge is 2.26. The molecule has 1 aromatic rings. The first-order valence-electron chi connectivity index (χ1n) is 6.71. The number of likely N-dealkylation sites (tertiary alicyclic amines) is 1. The van der Waals surface area contributed by atoms with Gasteiger partial charge in [0.2, 0.25) is 0 Å². The SMILES string of the molecule is CC(CC(=O)O)C1CCCN(Cc2nnn(C)n2)C1. The minimum atomic E-state index is -0.708. The molecule has 2 atom stereocenters. The van der Waals surface area contributed by atoms with Gasteiger partial charge >= 0.3 is 5.97 Å². The van der Waals surface area contributed by atoms with Crippen molar-refractivity contribution < 1.29 is 9.90 Å². The van der Waals surface area contributed by atoms with Crippen LogP contribution in [0.5, 0.6) is 0 Å². The van der Waals surface area contributed by atoms with Crippen LogP contribution >= 0.6 is 0 Å². The molecule has 19 heavy (non-hydrogen) atoms. The molecule has 2 rings (SSSR count). The average molecular weight is 267 g/mol. The van der Waals surface area contributed by atoms with Gasteiger partial charge in [-0.15, -0.1) is 10.2 Å². The van der Waals surface area contributed by atoms with Crippen molar-refractivity contribution in [2.45, 2.75) is 32.7 Å². The Morgan fingerprint density at radius 3 is 3.00 bits per heavy atom. The molecule has 1 aromatic heterocycles. The van der Waals surface area contributed by atoms with Crippen molar-refractivity contribution in [1.29, 1.82) is 0 Å². The van der Waals surface area contributed by atoms with Crippen molar-refractivity contribution in [2.24, 2.45) is 18.9 Å². The number of piperidine rings is 1. The predicted molar refractivity (Wildman–Crippen MR) is 68.2 cm³/mol. The quantitative estimate of drug-likeness (QED) is 0.838. The lowest BCUT2D eigenvalue weighted by atomic mass is 9.85. The molecule has 7 nitrogen and oxygen atoms in total. The Morgan fingerprint density at radius 1 is 1.58 bits per heavy atom. The van der Waals surface area contributed by atoms with Crippen LogP contribution in [0, 0.1) is 11.8 Å². The number of nitrogens with zero attached hydrogens (tertiary/aromatic N) is 5. The monoisotopic (exact) mass is 267 g/mol. The summed E-state index contributed by atoms with van der Waals surface area (Å²) in [7, 11) is 1.75. The van der Waals surface area contributed by atoms with E-state index in [1.165, 1.54) is 4.80 Å². The van der Waals surface area contributed by atoms with E-state index in [-0.39, 0.29) is 12.3 Å². The van der Waals surface area contributed by atoms with Gasteiger partial charge in [0.15, 0.2) is 5.82 Å². The standard InChI is InChI=1S/C12H21N5O2/c1-9(6-12(18)19)10-4-3-5-17(7-10)8-11-13-15-16(2)14-11/h9-10H,3-8H2,1-2H3,(H,18,19). The maximum Gasteiger partial charge on any atom is 0.303 e. The van der Waals surface area contributed by atoms with Gasteiger partial charge in [-0.2, -0.15) is 4.80 Å². The van der Waals surface area contributed by atoms with Gasteiger partial charge < -0.3 is 5.11 Å². The molecule has 1 aliphatic heterocycles. The number of aromatic nitrogens is 4. The summed E-state index contributed by atoms with van der Waals surface area (Å²) < 4.78 is 0. The molecule has 0 amide bonds. The van der Waals surface area contributed by atoms with Gasteiger partial charge in [-0.05, 0) is 36.4 Å². The molecule has 0 bridgehead atoms. The summed E-state index contributed by atoms with van der Waals surface area (Å²) in [5, 5.41) is 20.9. The zero-order valence-electron chi connectivity index (χ0n) is 11.5. The Kier molecular flexibility index (Phi) is 4.47. The fourth-order valence-corrected chi connectivity index (χ4v) is 2.73. The number of carboxylic acids is 1. The number of carbonyl (C=O) groups is 1. The Balaban J connectivity index is 1.88. The van der Waals surface area contributed by atoms with E-state index >= 15 is 0 Å². The normalized spacial score (nSPS) is 22.3. The largest absolute Gasteiger partial charge is 0.481 e. The van der Waals surface area contributed by atoms with Gasteiger partial charge in [-0.25, -0.2) is 0 Å². The number of hydrogen-bond acceptors (Lipinski definition) is 5. The third-order valence-corrected chi connectivity index (χ3v) is 3.76. The van der Waals surface area contributed by atoms with Crippen molar-refractivity contribution in [1.82, 2.24) is 25.1 Å². The highest BCUT2D eigenvalue weighted by atomic mass is 16.4. The van der Waals surface area contributed by atoms with E-state index in [1.54, 1.807) is 7.05 Å². The molecule has 1 aliphatic rings. The average Bonchev–Trinajstić information content (AvgIpc) is 2.74. The van der Waals surface area contributed by atoms with E-state index in [4.69, 9.17) is 5.11 Å². The summed E-state index contributed by atoms with van der Waals surface area (Å²) >= 11 is 0. The summed E-state index contributed by atoms with van der Waals surface area (Å²) in [6, 6.07) is 0. The Labute approximate surface area is 112 Å². The van der Waals surface area contributed by atoms with Crippen LogP contribution in [0.4, 0.5) is 0 Å². The number of carboxylic acid groups (broad SMARTS) is 1. The third kappa shape index (κ3) is 3.99. The molecule has 1 fully saturated rings. The lowest BCUT2D eigenvalue weighted by Gasteiger charge is -2.34. The summed E-state index contributed by atoms with van der Waals surface area (Å²) in [5.74, 6) is 0.686. The lowest BCUT2D eigenvalue weighted by molar-refractivity contribution is -0.138. The molecular weight excluding hydrogens is 246 g/mol. The van der Waals surface area contributed by atoms with Gasteiger partial charge in [0, 0.05) is 13.0 Å². The van der Waals surface area contributed by atoms with E-state index in [1.807, 2.05) is 6.92 Å². The predicted octanol–water partition coefficient (Wildman–Crippen LogP) is 0.533. The van der Waals surface area contributed by atoms with Crippen molar-refractivity contribution in [2.75, 3.05) is 13.1 Å². The first-order valence-corrected chi connectivity index (χ1v) is 6.71. The second kappa shape index (κ2) is 6.10. The van der Waals surface area contributed by atoms with Crippen molar-refractivity contribution >= 4 is 5.97 Å². The number of rotatable bonds is 5. The highest BCUT2D eigenvalue weighted by molar-refractivity contribution is 5.66. The third-order valence-electron chi connectivity index (χ3n) is 3.76. The molecule has 106 valence electrons. The molecule has 0 radical (unpaired) electrons. The summed E-state index contributed by atoms with van der Waals surface area (Å²) in [6.45, 7) is 4.67. The fraction of sp³-hybridized carbons (Fsp3) is 0.833. The van der Waals surface area contributed by atoms with Crippen molar-refractivity contribution in [3.8, 4) is 0 Å². The van der Waals surface area contributed by atoms with E-state index < -0.39 is 5.97 Å². The van der Waals surface area contributed by atoms with Crippen LogP contribution in [-0.4, -0.2) is 49.3 Å². The van der Waals surface area contributed by atoms with Crippen molar-refractivity contribution in [3.63, 3.8) is 0 Å². The van der Waals surface area contributed by atoms with Gasteiger partial charge in [0.05, 0.1) is 13.6 Å². The van der Waals surface area contributed by atoms with Crippen LogP contribution in [-0.2, 0) is 18.4 Å². The Morgan fingerprint density at radius 2 is 2.37 bits per heavy atom. The van der Waals surface area contributed by atoms with E-state index in [0.29, 0.717) is 12.5 Å². The number of aliphatic carboxylic acids is 1. The maximum absolute atomic E-state index is 10.8. The van der Waals surface area contributed by atoms with Gasteiger partial charge in [0.25, 0.3) is 0 Å². The van der Waals surface area contributed by atoms with E-state index in [0.717, 1.165) is 31.8 Å². The molecule has 7 heteroatoms. The molecule has 0 aromatic carbocycles. The second-order valence-electron chi connectivity index (χ2n) is 5.41. The molecule has 2 heterocycles. The summed E-state index contributed by atoms with van der Waals surface area (Å²) in [5.41, 5.74) is 0. The van der Waals surface area contributed by atoms with Crippen LogP contribution in [0.25, 0.3) is 0 Å². The fourth-order valence-electron chi connectivity index (χ4n) is 2.73. The molecule has 0 saturated carbocycles. The smallest absolute Gasteiger partial charge is 0.303 e. The molecular formula is C12H21N5O2. The minimum absolute atomic E-state index is 0.218. The van der Waals surface area contributed by atoms with Gasteiger partial charge in [0.1, 0.15) is 0 Å². The van der Waals surface area contributed by atoms with Crippen molar-refractivity contribution in [3.05, 3.63) is 5.82 Å². The Bertz CT molecular complexity index is 434. The van der Waals surface area contributed by atoms with Gasteiger partial charge in [-0.1, -0.05) is 6.92 Å². The highest BCUT2D eigenvalue weighted by Crippen LogP contribution is 2.26. The zero-order chi connectivity index (χ0) is 13.8. The molecule has 0 spiro atoms. The summed E-state index contributed by atoms with van der Waals surface area (Å²) in [6.07, 6.45) is 2.47. The van der Waals surface area contributed by atoms with Crippen LogP contribution in [0.3, 0.4) is 0 Å². The second-order valence-corrected chi connectivity index (χ2v) is 5.41.